The summed E-state index contributed by atoms with van der Waals surface area (Å²) >= 11 is 1.29. The summed E-state index contributed by atoms with van der Waals surface area (Å²) in [7, 11) is 1.62. The molecule has 3 aromatic rings. The summed E-state index contributed by atoms with van der Waals surface area (Å²) in [6, 6.07) is 12.8. The van der Waals surface area contributed by atoms with Crippen molar-refractivity contribution in [1.82, 2.24) is 4.98 Å². The van der Waals surface area contributed by atoms with Crippen molar-refractivity contribution in [2.75, 3.05) is 24.5 Å². The summed E-state index contributed by atoms with van der Waals surface area (Å²) < 4.78 is 15.8. The number of hydrogen-bond donors (Lipinski definition) is 2. The number of nitrogens with zero attached hydrogens (tertiary/aromatic N) is 1. The first-order valence-corrected chi connectivity index (χ1v) is 9.03. The number of rotatable bonds is 5. The maximum absolute atomic E-state index is 12.6. The van der Waals surface area contributed by atoms with Gasteiger partial charge in [0.05, 0.1) is 12.8 Å². The molecule has 138 valence electrons. The van der Waals surface area contributed by atoms with Crippen molar-refractivity contribution in [1.29, 1.82) is 0 Å². The van der Waals surface area contributed by atoms with Crippen LogP contribution in [0.1, 0.15) is 15.4 Å². The molecule has 0 saturated carbocycles. The molecule has 1 amide bonds. The molecule has 0 aliphatic carbocycles. The van der Waals surface area contributed by atoms with Gasteiger partial charge in [-0.05, 0) is 31.2 Å². The lowest BCUT2D eigenvalue weighted by molar-refractivity contribution is 0.103. The quantitative estimate of drug-likeness (QED) is 0.688. The Balaban J connectivity index is 1.49. The average Bonchev–Trinajstić information content (AvgIpc) is 3.27. The number of nitrogens with one attached hydrogen (secondary N) is 2. The number of anilines is 3. The Morgan fingerprint density at radius 1 is 1.15 bits per heavy atom. The van der Waals surface area contributed by atoms with E-state index in [1.165, 1.54) is 11.3 Å². The number of hydrogen-bond acceptors (Lipinski definition) is 7. The van der Waals surface area contributed by atoms with Gasteiger partial charge >= 0.3 is 0 Å². The third-order valence-corrected chi connectivity index (χ3v) is 5.03. The van der Waals surface area contributed by atoms with Crippen LogP contribution in [0, 0.1) is 6.92 Å². The van der Waals surface area contributed by atoms with E-state index in [1.54, 1.807) is 25.3 Å². The third-order valence-electron chi connectivity index (χ3n) is 3.95. The highest BCUT2D eigenvalue weighted by Gasteiger charge is 2.18. The standard InChI is InChI=1S/C19H17N3O4S/c1-11-17(18(23)21-13-6-7-15-16(9-13)26-10-25-15)27-19(20-11)22-12-4-3-5-14(8-12)24-2/h3-9H,10H2,1-2H3,(H,20,22)(H,21,23). The van der Waals surface area contributed by atoms with Crippen LogP contribution in [0.25, 0.3) is 0 Å². The van der Waals surface area contributed by atoms with Crippen LogP contribution in [0.2, 0.25) is 0 Å². The number of fused-ring (bicyclic) bond motifs is 1. The van der Waals surface area contributed by atoms with Gasteiger partial charge in [-0.15, -0.1) is 0 Å². The van der Waals surface area contributed by atoms with E-state index in [0.717, 1.165) is 11.4 Å². The summed E-state index contributed by atoms with van der Waals surface area (Å²) in [5.41, 5.74) is 2.13. The van der Waals surface area contributed by atoms with Crippen molar-refractivity contribution in [3.63, 3.8) is 0 Å². The van der Waals surface area contributed by atoms with Gasteiger partial charge in [-0.1, -0.05) is 17.4 Å². The van der Waals surface area contributed by atoms with Crippen molar-refractivity contribution in [3.05, 3.63) is 53.0 Å². The van der Waals surface area contributed by atoms with E-state index in [9.17, 15) is 4.79 Å². The summed E-state index contributed by atoms with van der Waals surface area (Å²) in [5.74, 6) is 1.82. The monoisotopic (exact) mass is 383 g/mol. The molecule has 0 bridgehead atoms. The Kier molecular flexibility index (Phi) is 4.55. The molecular weight excluding hydrogens is 366 g/mol. The Morgan fingerprint density at radius 2 is 2.00 bits per heavy atom. The highest BCUT2D eigenvalue weighted by atomic mass is 32.1. The molecule has 1 aromatic heterocycles. The maximum atomic E-state index is 12.6. The average molecular weight is 383 g/mol. The Hall–Kier alpha value is -3.26. The molecule has 0 atom stereocenters. The van der Waals surface area contributed by atoms with Gasteiger partial charge in [-0.2, -0.15) is 0 Å². The van der Waals surface area contributed by atoms with Crippen LogP contribution >= 0.6 is 11.3 Å². The van der Waals surface area contributed by atoms with Gasteiger partial charge in [0.1, 0.15) is 10.6 Å². The molecule has 0 spiro atoms. The number of carbonyl (C=O) groups excluding carboxylic acids is 1. The van der Waals surface area contributed by atoms with Crippen molar-refractivity contribution in [3.8, 4) is 17.2 Å². The van der Waals surface area contributed by atoms with E-state index in [-0.39, 0.29) is 12.7 Å². The molecule has 2 aromatic carbocycles. The highest BCUT2D eigenvalue weighted by molar-refractivity contribution is 7.17. The molecule has 0 fully saturated rings. The minimum Gasteiger partial charge on any atom is -0.497 e. The fourth-order valence-corrected chi connectivity index (χ4v) is 3.53. The van der Waals surface area contributed by atoms with Gasteiger partial charge in [-0.25, -0.2) is 4.98 Å². The van der Waals surface area contributed by atoms with Crippen molar-refractivity contribution in [2.24, 2.45) is 0 Å². The predicted octanol–water partition coefficient (Wildman–Crippen LogP) is 4.18. The van der Waals surface area contributed by atoms with Crippen LogP contribution in [0.15, 0.2) is 42.5 Å². The second-order valence-corrected chi connectivity index (χ2v) is 6.81. The summed E-state index contributed by atoms with van der Waals surface area (Å²) in [5, 5.41) is 6.71. The fraction of sp³-hybridized carbons (Fsp3) is 0.158. The van der Waals surface area contributed by atoms with Gasteiger partial charge in [0.15, 0.2) is 16.6 Å². The van der Waals surface area contributed by atoms with Crippen molar-refractivity contribution in [2.45, 2.75) is 6.92 Å². The van der Waals surface area contributed by atoms with E-state index >= 15 is 0 Å². The van der Waals surface area contributed by atoms with E-state index in [4.69, 9.17) is 14.2 Å². The minimum atomic E-state index is -0.220. The van der Waals surface area contributed by atoms with Gasteiger partial charge in [0.25, 0.3) is 5.91 Å². The van der Waals surface area contributed by atoms with E-state index in [0.29, 0.717) is 32.9 Å². The smallest absolute Gasteiger partial charge is 0.267 e. The first kappa shape index (κ1) is 17.2. The highest BCUT2D eigenvalue weighted by Crippen LogP contribution is 2.35. The molecule has 7 nitrogen and oxygen atoms in total. The van der Waals surface area contributed by atoms with Crippen molar-refractivity contribution >= 4 is 33.8 Å². The number of aromatic nitrogens is 1. The van der Waals surface area contributed by atoms with Crippen LogP contribution in [-0.4, -0.2) is 24.8 Å². The second-order valence-electron chi connectivity index (χ2n) is 5.81. The predicted molar refractivity (Wildman–Crippen MR) is 104 cm³/mol. The number of amides is 1. The molecule has 0 radical (unpaired) electrons. The zero-order chi connectivity index (χ0) is 18.8. The lowest BCUT2D eigenvalue weighted by atomic mass is 10.2. The van der Waals surface area contributed by atoms with Crippen LogP contribution in [0.3, 0.4) is 0 Å². The molecule has 8 heteroatoms. The van der Waals surface area contributed by atoms with Crippen LogP contribution in [-0.2, 0) is 0 Å². The molecule has 0 unspecified atom stereocenters. The lowest BCUT2D eigenvalue weighted by Gasteiger charge is -2.05. The topological polar surface area (TPSA) is 81.7 Å². The van der Waals surface area contributed by atoms with Crippen LogP contribution in [0.4, 0.5) is 16.5 Å². The molecular formula is C19H17N3O4S. The Labute approximate surface area is 159 Å². The molecule has 1 aliphatic rings. The van der Waals surface area contributed by atoms with Crippen LogP contribution in [0.5, 0.6) is 17.2 Å². The first-order valence-electron chi connectivity index (χ1n) is 8.22. The number of carbonyl (C=O) groups is 1. The number of aryl methyl sites for hydroxylation is 1. The number of ether oxygens (including phenoxy) is 3. The van der Waals surface area contributed by atoms with Gasteiger partial charge in [-0.3, -0.25) is 4.79 Å². The minimum absolute atomic E-state index is 0.194. The van der Waals surface area contributed by atoms with Gasteiger partial charge in [0.2, 0.25) is 6.79 Å². The molecule has 2 N–H and O–H groups in total. The molecule has 0 saturated heterocycles. The Morgan fingerprint density at radius 3 is 2.85 bits per heavy atom. The molecule has 1 aliphatic heterocycles. The van der Waals surface area contributed by atoms with Crippen LogP contribution < -0.4 is 24.8 Å². The lowest BCUT2D eigenvalue weighted by Crippen LogP contribution is -2.11. The summed E-state index contributed by atoms with van der Waals surface area (Å²) in [4.78, 5) is 17.6. The SMILES string of the molecule is COc1cccc(Nc2nc(C)c(C(=O)Nc3ccc4c(c3)OCO4)s2)c1. The normalized spacial score (nSPS) is 11.9. The number of thiazole rings is 1. The second kappa shape index (κ2) is 7.16. The zero-order valence-corrected chi connectivity index (χ0v) is 15.6. The third kappa shape index (κ3) is 3.65. The van der Waals surface area contributed by atoms with E-state index in [1.807, 2.05) is 31.2 Å². The summed E-state index contributed by atoms with van der Waals surface area (Å²) in [6.07, 6.45) is 0. The summed E-state index contributed by atoms with van der Waals surface area (Å²) in [6.45, 7) is 2.00. The first-order chi connectivity index (χ1) is 13.1. The Bertz CT molecular complexity index is 1000. The van der Waals surface area contributed by atoms with E-state index in [2.05, 4.69) is 15.6 Å². The number of benzene rings is 2. The van der Waals surface area contributed by atoms with Gasteiger partial charge < -0.3 is 24.8 Å². The molecule has 27 heavy (non-hydrogen) atoms. The molecule has 4 rings (SSSR count). The number of methoxy groups -OCH3 is 1. The largest absolute Gasteiger partial charge is 0.497 e. The van der Waals surface area contributed by atoms with Crippen molar-refractivity contribution < 1.29 is 19.0 Å². The maximum Gasteiger partial charge on any atom is 0.267 e. The van der Waals surface area contributed by atoms with Gasteiger partial charge in [0, 0.05) is 23.5 Å². The molecule has 2 heterocycles. The van der Waals surface area contributed by atoms with E-state index < -0.39 is 0 Å². The fourth-order valence-electron chi connectivity index (χ4n) is 2.65. The zero-order valence-electron chi connectivity index (χ0n) is 14.7.